The lowest BCUT2D eigenvalue weighted by atomic mass is 10.1. The molecule has 3 N–H and O–H groups in total. The Morgan fingerprint density at radius 2 is 1.82 bits per heavy atom. The van der Waals surface area contributed by atoms with Crippen molar-refractivity contribution in [1.82, 2.24) is 10.6 Å². The van der Waals surface area contributed by atoms with Crippen molar-refractivity contribution in [3.05, 3.63) is 0 Å². The van der Waals surface area contributed by atoms with Crippen LogP contribution in [-0.4, -0.2) is 36.9 Å². The van der Waals surface area contributed by atoms with Crippen molar-refractivity contribution in [2.45, 2.75) is 32.4 Å². The maximum atomic E-state index is 9.29. The molecule has 0 aliphatic heterocycles. The molecular weight excluding hydrogens is 140 g/mol. The van der Waals surface area contributed by atoms with Gasteiger partial charge in [-0.15, -0.1) is 0 Å². The van der Waals surface area contributed by atoms with Crippen LogP contribution < -0.4 is 10.6 Å². The Bertz CT molecular complexity index is 98.8. The quantitative estimate of drug-likeness (QED) is 0.540. The van der Waals surface area contributed by atoms with E-state index in [1.165, 1.54) is 0 Å². The van der Waals surface area contributed by atoms with Crippen LogP contribution >= 0.6 is 0 Å². The van der Waals surface area contributed by atoms with Crippen molar-refractivity contribution in [1.29, 1.82) is 0 Å². The lowest BCUT2D eigenvalue weighted by Crippen LogP contribution is -2.43. The zero-order valence-corrected chi connectivity index (χ0v) is 7.94. The summed E-state index contributed by atoms with van der Waals surface area (Å²) < 4.78 is 0. The fourth-order valence-electron chi connectivity index (χ4n) is 0.732. The molecule has 0 rings (SSSR count). The highest BCUT2D eigenvalue weighted by Crippen LogP contribution is 1.97. The van der Waals surface area contributed by atoms with Crippen LogP contribution in [0.5, 0.6) is 0 Å². The number of aliphatic hydroxyl groups excluding tert-OH is 1. The normalized spacial score (nSPS) is 15.0. The number of β-amino-alcohol motifs (C(OH)–C–C–N with tert-alkyl or cyclic N) is 1. The Labute approximate surface area is 69.2 Å². The second-order valence-electron chi connectivity index (χ2n) is 3.84. The number of hydrogen-bond donors (Lipinski definition) is 3. The third-order valence-corrected chi connectivity index (χ3v) is 1.31. The van der Waals surface area contributed by atoms with Crippen LogP contribution in [0.4, 0.5) is 0 Å². The van der Waals surface area contributed by atoms with Crippen molar-refractivity contribution >= 4 is 0 Å². The smallest absolute Gasteiger partial charge is 0.0788 e. The summed E-state index contributed by atoms with van der Waals surface area (Å²) in [7, 11) is 1.83. The second kappa shape index (κ2) is 4.70. The zero-order chi connectivity index (χ0) is 8.91. The minimum absolute atomic E-state index is 0.0920. The minimum atomic E-state index is -0.292. The van der Waals surface area contributed by atoms with Gasteiger partial charge in [-0.3, -0.25) is 0 Å². The summed E-state index contributed by atoms with van der Waals surface area (Å²) in [5.74, 6) is 0. The summed E-state index contributed by atoms with van der Waals surface area (Å²) in [6.07, 6.45) is -0.292. The van der Waals surface area contributed by atoms with E-state index in [-0.39, 0.29) is 11.6 Å². The molecule has 68 valence electrons. The van der Waals surface area contributed by atoms with Gasteiger partial charge in [0.05, 0.1) is 6.10 Å². The van der Waals surface area contributed by atoms with Gasteiger partial charge in [0.25, 0.3) is 0 Å². The summed E-state index contributed by atoms with van der Waals surface area (Å²) in [5, 5.41) is 15.4. The summed E-state index contributed by atoms with van der Waals surface area (Å²) in [5.41, 5.74) is 0.0920. The predicted molar refractivity (Wildman–Crippen MR) is 47.7 cm³/mol. The average Bonchev–Trinajstić information content (AvgIpc) is 1.83. The van der Waals surface area contributed by atoms with Crippen LogP contribution in [-0.2, 0) is 0 Å². The van der Waals surface area contributed by atoms with Gasteiger partial charge in [0.15, 0.2) is 0 Å². The third-order valence-electron chi connectivity index (χ3n) is 1.31. The van der Waals surface area contributed by atoms with Crippen LogP contribution in [0.15, 0.2) is 0 Å². The highest BCUT2D eigenvalue weighted by molar-refractivity contribution is 4.73. The molecule has 0 saturated heterocycles. The molecule has 0 aromatic carbocycles. The summed E-state index contributed by atoms with van der Waals surface area (Å²) in [4.78, 5) is 0. The molecule has 1 unspecified atom stereocenters. The van der Waals surface area contributed by atoms with Gasteiger partial charge in [-0.05, 0) is 27.8 Å². The third kappa shape index (κ3) is 7.78. The standard InChI is InChI=1S/C8H20N2O/c1-8(2,3)10-6-7(11)5-9-4/h7,9-11H,5-6H2,1-4H3. The van der Waals surface area contributed by atoms with E-state index in [1.54, 1.807) is 0 Å². The molecule has 0 aromatic rings. The molecule has 11 heavy (non-hydrogen) atoms. The molecule has 0 amide bonds. The van der Waals surface area contributed by atoms with Gasteiger partial charge in [-0.2, -0.15) is 0 Å². The van der Waals surface area contributed by atoms with Crippen molar-refractivity contribution < 1.29 is 5.11 Å². The van der Waals surface area contributed by atoms with Gasteiger partial charge in [0.1, 0.15) is 0 Å². The topological polar surface area (TPSA) is 44.3 Å². The number of hydrogen-bond acceptors (Lipinski definition) is 3. The van der Waals surface area contributed by atoms with E-state index >= 15 is 0 Å². The maximum absolute atomic E-state index is 9.29. The molecule has 0 bridgehead atoms. The van der Waals surface area contributed by atoms with E-state index in [1.807, 2.05) is 7.05 Å². The lowest BCUT2D eigenvalue weighted by Gasteiger charge is -2.22. The fourth-order valence-corrected chi connectivity index (χ4v) is 0.732. The van der Waals surface area contributed by atoms with E-state index in [0.29, 0.717) is 13.1 Å². The van der Waals surface area contributed by atoms with Gasteiger partial charge < -0.3 is 15.7 Å². The summed E-state index contributed by atoms with van der Waals surface area (Å²) in [6, 6.07) is 0. The van der Waals surface area contributed by atoms with E-state index < -0.39 is 0 Å². The van der Waals surface area contributed by atoms with Crippen molar-refractivity contribution in [2.75, 3.05) is 20.1 Å². The summed E-state index contributed by atoms with van der Waals surface area (Å²) >= 11 is 0. The van der Waals surface area contributed by atoms with Crippen LogP contribution in [0.1, 0.15) is 20.8 Å². The van der Waals surface area contributed by atoms with Gasteiger partial charge in [-0.1, -0.05) is 0 Å². The SMILES string of the molecule is CNCC(O)CNC(C)(C)C. The molecule has 3 heteroatoms. The van der Waals surface area contributed by atoms with E-state index in [2.05, 4.69) is 31.4 Å². The first-order valence-electron chi connectivity index (χ1n) is 4.03. The number of likely N-dealkylation sites (N-methyl/N-ethyl adjacent to an activating group) is 1. The molecule has 0 aliphatic carbocycles. The Hall–Kier alpha value is -0.120. The van der Waals surface area contributed by atoms with E-state index in [9.17, 15) is 5.11 Å². The second-order valence-corrected chi connectivity index (χ2v) is 3.84. The first-order chi connectivity index (χ1) is 4.95. The molecule has 1 atom stereocenters. The fraction of sp³-hybridized carbons (Fsp3) is 1.00. The van der Waals surface area contributed by atoms with Crippen LogP contribution in [0.3, 0.4) is 0 Å². The highest BCUT2D eigenvalue weighted by atomic mass is 16.3. The molecule has 0 spiro atoms. The molecule has 3 nitrogen and oxygen atoms in total. The Kier molecular flexibility index (Phi) is 4.65. The Morgan fingerprint density at radius 3 is 2.18 bits per heavy atom. The summed E-state index contributed by atoms with van der Waals surface area (Å²) in [6.45, 7) is 7.53. The monoisotopic (exact) mass is 160 g/mol. The molecule has 0 saturated carbocycles. The van der Waals surface area contributed by atoms with Crippen LogP contribution in [0.2, 0.25) is 0 Å². The Balaban J connectivity index is 3.38. The largest absolute Gasteiger partial charge is 0.390 e. The van der Waals surface area contributed by atoms with Crippen LogP contribution in [0.25, 0.3) is 0 Å². The number of rotatable bonds is 4. The lowest BCUT2D eigenvalue weighted by molar-refractivity contribution is 0.160. The van der Waals surface area contributed by atoms with Gasteiger partial charge in [0.2, 0.25) is 0 Å². The van der Waals surface area contributed by atoms with E-state index in [4.69, 9.17) is 0 Å². The first kappa shape index (κ1) is 10.9. The molecule has 0 aliphatic rings. The maximum Gasteiger partial charge on any atom is 0.0788 e. The predicted octanol–water partition coefficient (Wildman–Crippen LogP) is -0.0452. The first-order valence-corrected chi connectivity index (χ1v) is 4.03. The van der Waals surface area contributed by atoms with Gasteiger partial charge in [0, 0.05) is 18.6 Å². The molecular formula is C8H20N2O. The Morgan fingerprint density at radius 1 is 1.27 bits per heavy atom. The molecule has 0 heterocycles. The number of aliphatic hydroxyl groups is 1. The van der Waals surface area contributed by atoms with Crippen molar-refractivity contribution in [3.8, 4) is 0 Å². The minimum Gasteiger partial charge on any atom is -0.390 e. The molecule has 0 fully saturated rings. The number of nitrogens with one attached hydrogen (secondary N) is 2. The highest BCUT2D eigenvalue weighted by Gasteiger charge is 2.10. The molecule has 0 aromatic heterocycles. The van der Waals surface area contributed by atoms with Gasteiger partial charge >= 0.3 is 0 Å². The van der Waals surface area contributed by atoms with Crippen molar-refractivity contribution in [2.24, 2.45) is 0 Å². The van der Waals surface area contributed by atoms with E-state index in [0.717, 1.165) is 0 Å². The zero-order valence-electron chi connectivity index (χ0n) is 7.94. The average molecular weight is 160 g/mol. The van der Waals surface area contributed by atoms with Crippen LogP contribution in [0, 0.1) is 0 Å². The molecule has 0 radical (unpaired) electrons. The van der Waals surface area contributed by atoms with Gasteiger partial charge in [-0.25, -0.2) is 0 Å². The van der Waals surface area contributed by atoms with Crippen molar-refractivity contribution in [3.63, 3.8) is 0 Å².